The van der Waals surface area contributed by atoms with Gasteiger partial charge in [-0.05, 0) is 55.0 Å². The Bertz CT molecular complexity index is 629. The third-order valence-electron chi connectivity index (χ3n) is 3.16. The lowest BCUT2D eigenvalue weighted by Crippen LogP contribution is -2.16. The van der Waals surface area contributed by atoms with Crippen LogP contribution in [0, 0.1) is 17.1 Å². The van der Waals surface area contributed by atoms with Crippen LogP contribution >= 0.6 is 0 Å². The molecule has 102 valence electrons. The van der Waals surface area contributed by atoms with Gasteiger partial charge in [0.25, 0.3) is 0 Å². The van der Waals surface area contributed by atoms with Crippen LogP contribution in [0.2, 0.25) is 0 Å². The molecule has 4 heteroatoms. The van der Waals surface area contributed by atoms with Gasteiger partial charge in [0, 0.05) is 23.6 Å². The van der Waals surface area contributed by atoms with Crippen molar-refractivity contribution in [3.05, 3.63) is 53.8 Å². The lowest BCUT2D eigenvalue weighted by atomic mass is 10.1. The summed E-state index contributed by atoms with van der Waals surface area (Å²) in [6.45, 7) is 2.76. The van der Waals surface area contributed by atoms with Gasteiger partial charge in [-0.25, -0.2) is 4.39 Å². The molecule has 2 aromatic carbocycles. The number of hydrogen-bond acceptors (Lipinski definition) is 3. The molecule has 0 radical (unpaired) electrons. The van der Waals surface area contributed by atoms with Crippen molar-refractivity contribution in [2.24, 2.45) is 0 Å². The maximum absolute atomic E-state index is 13.0. The predicted molar refractivity (Wildman–Crippen MR) is 79.3 cm³/mol. The van der Waals surface area contributed by atoms with Gasteiger partial charge in [-0.15, -0.1) is 0 Å². The van der Waals surface area contributed by atoms with Crippen molar-refractivity contribution < 1.29 is 4.39 Å². The normalized spacial score (nSPS) is 10.1. The summed E-state index contributed by atoms with van der Waals surface area (Å²) in [5.74, 6) is -0.257. The number of hydrogen-bond donors (Lipinski definition) is 1. The second-order valence-electron chi connectivity index (χ2n) is 4.44. The van der Waals surface area contributed by atoms with E-state index in [0.717, 1.165) is 23.5 Å². The van der Waals surface area contributed by atoms with Crippen LogP contribution in [0.4, 0.5) is 21.5 Å². The standard InChI is InChI=1S/C16H16FN3/c1-2-20(14-5-3-13(17)4-6-14)15-7-8-16(19)12(11-15)9-10-18/h3-8,11H,2,9,19H2,1H3. The molecule has 0 aliphatic heterocycles. The minimum atomic E-state index is -0.257. The number of nitriles is 1. The van der Waals surface area contributed by atoms with Crippen LogP contribution in [-0.4, -0.2) is 6.54 Å². The summed E-state index contributed by atoms with van der Waals surface area (Å²) in [4.78, 5) is 2.04. The Morgan fingerprint density at radius 2 is 1.80 bits per heavy atom. The highest BCUT2D eigenvalue weighted by Gasteiger charge is 2.09. The average molecular weight is 269 g/mol. The van der Waals surface area contributed by atoms with E-state index in [2.05, 4.69) is 6.07 Å². The van der Waals surface area contributed by atoms with Crippen LogP contribution < -0.4 is 10.6 Å². The highest BCUT2D eigenvalue weighted by Crippen LogP contribution is 2.28. The van der Waals surface area contributed by atoms with Gasteiger partial charge in [-0.1, -0.05) is 0 Å². The molecule has 2 aromatic rings. The largest absolute Gasteiger partial charge is 0.398 e. The molecule has 0 spiro atoms. The fourth-order valence-corrected chi connectivity index (χ4v) is 2.13. The van der Waals surface area contributed by atoms with E-state index in [1.807, 2.05) is 24.0 Å². The molecular formula is C16H16FN3. The lowest BCUT2D eigenvalue weighted by molar-refractivity contribution is 0.628. The summed E-state index contributed by atoms with van der Waals surface area (Å²) >= 11 is 0. The van der Waals surface area contributed by atoms with Crippen LogP contribution in [0.3, 0.4) is 0 Å². The van der Waals surface area contributed by atoms with Crippen molar-refractivity contribution in [3.63, 3.8) is 0 Å². The topological polar surface area (TPSA) is 53.0 Å². The van der Waals surface area contributed by atoms with Crippen LogP contribution in [0.25, 0.3) is 0 Å². The van der Waals surface area contributed by atoms with Gasteiger partial charge in [-0.3, -0.25) is 0 Å². The number of rotatable bonds is 4. The predicted octanol–water partition coefficient (Wildman–Crippen LogP) is 3.63. The number of benzene rings is 2. The Morgan fingerprint density at radius 3 is 2.40 bits per heavy atom. The highest BCUT2D eigenvalue weighted by atomic mass is 19.1. The summed E-state index contributed by atoms with van der Waals surface area (Å²) in [7, 11) is 0. The monoisotopic (exact) mass is 269 g/mol. The molecule has 0 aliphatic carbocycles. The van der Waals surface area contributed by atoms with Gasteiger partial charge in [-0.2, -0.15) is 5.26 Å². The van der Waals surface area contributed by atoms with Crippen molar-refractivity contribution in [2.75, 3.05) is 17.2 Å². The van der Waals surface area contributed by atoms with Crippen LogP contribution in [0.15, 0.2) is 42.5 Å². The van der Waals surface area contributed by atoms with Gasteiger partial charge in [0.1, 0.15) is 5.82 Å². The Balaban J connectivity index is 2.39. The van der Waals surface area contributed by atoms with Gasteiger partial charge in [0.15, 0.2) is 0 Å². The molecule has 0 aliphatic rings. The Morgan fingerprint density at radius 1 is 1.15 bits per heavy atom. The molecule has 0 bridgehead atoms. The number of nitrogens with two attached hydrogens (primary N) is 1. The molecule has 3 nitrogen and oxygen atoms in total. The molecule has 2 N–H and O–H groups in total. The molecular weight excluding hydrogens is 253 g/mol. The average Bonchev–Trinajstić information content (AvgIpc) is 2.45. The fraction of sp³-hybridized carbons (Fsp3) is 0.188. The van der Waals surface area contributed by atoms with Gasteiger partial charge in [0.05, 0.1) is 12.5 Å². The first-order valence-electron chi connectivity index (χ1n) is 6.44. The van der Waals surface area contributed by atoms with Crippen LogP contribution in [0.5, 0.6) is 0 Å². The van der Waals surface area contributed by atoms with Crippen molar-refractivity contribution in [1.82, 2.24) is 0 Å². The van der Waals surface area contributed by atoms with Gasteiger partial charge < -0.3 is 10.6 Å². The number of nitrogens with zero attached hydrogens (tertiary/aromatic N) is 2. The smallest absolute Gasteiger partial charge is 0.123 e. The molecule has 0 unspecified atom stereocenters. The van der Waals surface area contributed by atoms with Crippen molar-refractivity contribution in [2.45, 2.75) is 13.3 Å². The maximum Gasteiger partial charge on any atom is 0.123 e. The Labute approximate surface area is 118 Å². The van der Waals surface area contributed by atoms with E-state index in [0.29, 0.717) is 5.69 Å². The first kappa shape index (κ1) is 13.9. The molecule has 0 amide bonds. The SMILES string of the molecule is CCN(c1ccc(F)cc1)c1ccc(N)c(CC#N)c1. The van der Waals surface area contributed by atoms with E-state index < -0.39 is 0 Å². The second-order valence-corrected chi connectivity index (χ2v) is 4.44. The molecule has 0 atom stereocenters. The maximum atomic E-state index is 13.0. The molecule has 0 saturated heterocycles. The van der Waals surface area contributed by atoms with E-state index in [9.17, 15) is 4.39 Å². The summed E-state index contributed by atoms with van der Waals surface area (Å²) in [6, 6.07) is 14.1. The zero-order chi connectivity index (χ0) is 14.5. The zero-order valence-corrected chi connectivity index (χ0v) is 11.3. The molecule has 0 heterocycles. The van der Waals surface area contributed by atoms with Crippen molar-refractivity contribution >= 4 is 17.1 Å². The molecule has 0 aromatic heterocycles. The van der Waals surface area contributed by atoms with E-state index in [1.165, 1.54) is 12.1 Å². The Hall–Kier alpha value is -2.54. The summed E-state index contributed by atoms with van der Waals surface area (Å²) < 4.78 is 13.0. The summed E-state index contributed by atoms with van der Waals surface area (Å²) in [5, 5.41) is 8.82. The molecule has 0 fully saturated rings. The molecule has 20 heavy (non-hydrogen) atoms. The van der Waals surface area contributed by atoms with Crippen molar-refractivity contribution in [3.8, 4) is 6.07 Å². The lowest BCUT2D eigenvalue weighted by Gasteiger charge is -2.24. The van der Waals surface area contributed by atoms with E-state index in [1.54, 1.807) is 18.2 Å². The summed E-state index contributed by atoms with van der Waals surface area (Å²) in [6.07, 6.45) is 0.278. The number of halogens is 1. The minimum absolute atomic E-state index is 0.257. The highest BCUT2D eigenvalue weighted by molar-refractivity contribution is 5.67. The van der Waals surface area contributed by atoms with Crippen LogP contribution in [0.1, 0.15) is 12.5 Å². The van der Waals surface area contributed by atoms with E-state index in [4.69, 9.17) is 11.0 Å². The zero-order valence-electron chi connectivity index (χ0n) is 11.3. The van der Waals surface area contributed by atoms with Gasteiger partial charge >= 0.3 is 0 Å². The first-order chi connectivity index (χ1) is 9.65. The fourth-order valence-electron chi connectivity index (χ4n) is 2.13. The van der Waals surface area contributed by atoms with E-state index in [-0.39, 0.29) is 12.2 Å². The third kappa shape index (κ3) is 2.89. The molecule has 0 saturated carbocycles. The third-order valence-corrected chi connectivity index (χ3v) is 3.16. The second kappa shape index (κ2) is 6.07. The van der Waals surface area contributed by atoms with Gasteiger partial charge in [0.2, 0.25) is 0 Å². The van der Waals surface area contributed by atoms with Crippen molar-refractivity contribution in [1.29, 1.82) is 5.26 Å². The summed E-state index contributed by atoms with van der Waals surface area (Å²) in [5.41, 5.74) is 9.13. The number of anilines is 3. The Kier molecular flexibility index (Phi) is 4.21. The van der Waals surface area contributed by atoms with E-state index >= 15 is 0 Å². The quantitative estimate of drug-likeness (QED) is 0.862. The first-order valence-corrected chi connectivity index (χ1v) is 6.44. The van der Waals surface area contributed by atoms with Crippen LogP contribution in [-0.2, 0) is 6.42 Å². The minimum Gasteiger partial charge on any atom is -0.398 e. The molecule has 2 rings (SSSR count). The number of nitrogen functional groups attached to an aromatic ring is 1.